The maximum Gasteiger partial charge on any atom is 0.537 e. The topological polar surface area (TPSA) is 64.8 Å². The van der Waals surface area contributed by atoms with Gasteiger partial charge in [-0.05, 0) is 51.7 Å². The van der Waals surface area contributed by atoms with Gasteiger partial charge in [-0.15, -0.1) is 4.59 Å². The molecule has 188 valence electrons. The summed E-state index contributed by atoms with van der Waals surface area (Å²) in [6, 6.07) is 14.5. The highest BCUT2D eigenvalue weighted by molar-refractivity contribution is 7.80. The van der Waals surface area contributed by atoms with Crippen molar-refractivity contribution in [3.05, 3.63) is 59.2 Å². The lowest BCUT2D eigenvalue weighted by atomic mass is 9.74. The van der Waals surface area contributed by atoms with Crippen molar-refractivity contribution in [3.8, 4) is 5.75 Å². The summed E-state index contributed by atoms with van der Waals surface area (Å²) in [5, 5.41) is 0. The van der Waals surface area contributed by atoms with Crippen LogP contribution in [0.1, 0.15) is 63.1 Å². The molecule has 1 amide bonds. The van der Waals surface area contributed by atoms with Crippen LogP contribution in [0, 0.1) is 0 Å². The van der Waals surface area contributed by atoms with Crippen LogP contribution in [-0.4, -0.2) is 42.0 Å². The fourth-order valence-electron chi connectivity index (χ4n) is 5.62. The predicted octanol–water partition coefficient (Wildman–Crippen LogP) is 5.65. The number of carbonyl (C=O) groups is 1. The van der Waals surface area contributed by atoms with E-state index in [1.54, 1.807) is 7.11 Å². The van der Waals surface area contributed by atoms with E-state index in [0.29, 0.717) is 13.0 Å². The van der Waals surface area contributed by atoms with Gasteiger partial charge in [-0.2, -0.15) is 10.6 Å². The Bertz CT molecular complexity index is 1110. The Morgan fingerprint density at radius 1 is 1.17 bits per heavy atom. The molecule has 2 aromatic rings. The summed E-state index contributed by atoms with van der Waals surface area (Å²) in [5.74, 6) is 7.92. The van der Waals surface area contributed by atoms with Crippen molar-refractivity contribution in [1.29, 1.82) is 0 Å². The number of hydrogen-bond acceptors (Lipinski definition) is 5. The number of methoxy groups -OCH3 is 1. The molecule has 1 unspecified atom stereocenters. The minimum atomic E-state index is -0.681. The molecule has 0 saturated carbocycles. The van der Waals surface area contributed by atoms with Crippen molar-refractivity contribution >= 4 is 29.0 Å². The van der Waals surface area contributed by atoms with E-state index in [2.05, 4.69) is 29.2 Å². The van der Waals surface area contributed by atoms with Gasteiger partial charge in [0.05, 0.1) is 12.1 Å². The van der Waals surface area contributed by atoms with Gasteiger partial charge in [-0.3, -0.25) is 0 Å². The largest absolute Gasteiger partial charge is 0.537 e. The van der Waals surface area contributed by atoms with Crippen LogP contribution in [0.5, 0.6) is 5.75 Å². The molecule has 2 N–H and O–H groups in total. The number of ether oxygens (including phenoxy) is 2. The van der Waals surface area contributed by atoms with E-state index in [-0.39, 0.29) is 10.7 Å². The highest BCUT2D eigenvalue weighted by atomic mass is 32.1. The highest BCUT2D eigenvalue weighted by Crippen LogP contribution is 2.47. The molecule has 0 aliphatic carbocycles. The molecule has 6 nitrogen and oxygen atoms in total. The number of benzene rings is 2. The van der Waals surface area contributed by atoms with Crippen LogP contribution in [-0.2, 0) is 23.1 Å². The average Bonchev–Trinajstić information content (AvgIpc) is 2.82. The van der Waals surface area contributed by atoms with Crippen LogP contribution in [0.25, 0.3) is 0 Å². The smallest absolute Gasteiger partial charge is 0.496 e. The molecular formula is C28H38N3O3S+. The van der Waals surface area contributed by atoms with Crippen molar-refractivity contribution in [1.82, 2.24) is 0 Å². The van der Waals surface area contributed by atoms with Gasteiger partial charge in [0.2, 0.25) is 0 Å². The predicted molar refractivity (Wildman–Crippen MR) is 144 cm³/mol. The summed E-state index contributed by atoms with van der Waals surface area (Å²) >= 11 is 5.55. The number of hydrogen-bond donors (Lipinski definition) is 1. The van der Waals surface area contributed by atoms with E-state index in [1.807, 2.05) is 46.0 Å². The first-order valence-electron chi connectivity index (χ1n) is 12.4. The van der Waals surface area contributed by atoms with Gasteiger partial charge in [0.1, 0.15) is 17.9 Å². The summed E-state index contributed by atoms with van der Waals surface area (Å²) in [6.45, 7) is 6.18. The highest BCUT2D eigenvalue weighted by Gasteiger charge is 2.59. The molecular weight excluding hydrogens is 458 g/mol. The second-order valence-electron chi connectivity index (χ2n) is 10.8. The van der Waals surface area contributed by atoms with Gasteiger partial charge in [0.25, 0.3) is 0 Å². The molecule has 1 fully saturated rings. The van der Waals surface area contributed by atoms with E-state index < -0.39 is 11.1 Å². The molecule has 2 aliphatic rings. The van der Waals surface area contributed by atoms with Gasteiger partial charge in [0, 0.05) is 49.2 Å². The zero-order valence-corrected chi connectivity index (χ0v) is 22.4. The molecule has 0 radical (unpaired) electrons. The van der Waals surface area contributed by atoms with Crippen molar-refractivity contribution < 1.29 is 18.9 Å². The third-order valence-electron chi connectivity index (χ3n) is 7.45. The van der Waals surface area contributed by atoms with E-state index in [1.165, 1.54) is 5.56 Å². The van der Waals surface area contributed by atoms with E-state index >= 15 is 0 Å². The van der Waals surface area contributed by atoms with Crippen LogP contribution < -0.4 is 15.5 Å². The molecule has 0 bridgehead atoms. The van der Waals surface area contributed by atoms with Crippen molar-refractivity contribution in [2.45, 2.75) is 70.4 Å². The first-order valence-corrected chi connectivity index (χ1v) is 12.8. The SMILES string of the molecule is COc1cc2c(cc1C[C@]1(c3ccccc3)CCCC[N+]1(N)C(=O)OC(C)(C)C)CCC(=S)N2C. The maximum absolute atomic E-state index is 13.8. The fourth-order valence-corrected chi connectivity index (χ4v) is 5.82. The molecule has 35 heavy (non-hydrogen) atoms. The Balaban J connectivity index is 1.87. The van der Waals surface area contributed by atoms with Gasteiger partial charge in [-0.1, -0.05) is 42.5 Å². The average molecular weight is 497 g/mol. The number of nitrogens with two attached hydrogens (primary N) is 1. The molecule has 2 aromatic carbocycles. The molecule has 2 heterocycles. The molecule has 0 spiro atoms. The Kier molecular flexibility index (Phi) is 6.97. The molecule has 2 atom stereocenters. The van der Waals surface area contributed by atoms with Crippen LogP contribution in [0.3, 0.4) is 0 Å². The van der Waals surface area contributed by atoms with Crippen LogP contribution in [0.2, 0.25) is 0 Å². The number of anilines is 1. The Morgan fingerprint density at radius 2 is 1.89 bits per heavy atom. The zero-order valence-electron chi connectivity index (χ0n) is 21.6. The lowest BCUT2D eigenvalue weighted by molar-refractivity contribution is -0.936. The van der Waals surface area contributed by atoms with E-state index in [9.17, 15) is 4.79 Å². The fraction of sp³-hybridized carbons (Fsp3) is 0.500. The third-order valence-corrected chi connectivity index (χ3v) is 7.93. The van der Waals surface area contributed by atoms with Crippen LogP contribution in [0.4, 0.5) is 10.5 Å². The van der Waals surface area contributed by atoms with Crippen LogP contribution >= 0.6 is 12.2 Å². The Labute approximate surface area is 214 Å². The molecule has 0 aromatic heterocycles. The monoisotopic (exact) mass is 496 g/mol. The summed E-state index contributed by atoms with van der Waals surface area (Å²) in [6.07, 6.45) is 4.55. The van der Waals surface area contributed by atoms with E-state index in [0.717, 1.165) is 59.7 Å². The number of quaternary nitrogens is 1. The first-order chi connectivity index (χ1) is 16.5. The van der Waals surface area contributed by atoms with Crippen molar-refractivity contribution in [2.24, 2.45) is 5.84 Å². The second kappa shape index (κ2) is 9.52. The molecule has 2 aliphatic heterocycles. The number of carbonyl (C=O) groups excluding carboxylic acids is 1. The molecule has 1 saturated heterocycles. The van der Waals surface area contributed by atoms with Gasteiger partial charge < -0.3 is 14.4 Å². The summed E-state index contributed by atoms with van der Waals surface area (Å²) in [4.78, 5) is 16.8. The maximum atomic E-state index is 13.8. The number of likely N-dealkylation sites (tertiary alicyclic amines) is 1. The van der Waals surface area contributed by atoms with Gasteiger partial charge in [0.15, 0.2) is 5.54 Å². The van der Waals surface area contributed by atoms with Gasteiger partial charge >= 0.3 is 6.09 Å². The van der Waals surface area contributed by atoms with E-state index in [4.69, 9.17) is 27.5 Å². The summed E-state index contributed by atoms with van der Waals surface area (Å²) in [5.41, 5.74) is 3.11. The number of amides is 1. The second-order valence-corrected chi connectivity index (χ2v) is 11.3. The number of piperidine rings is 1. The Morgan fingerprint density at radius 3 is 2.54 bits per heavy atom. The number of fused-ring (bicyclic) bond motifs is 1. The van der Waals surface area contributed by atoms with Crippen molar-refractivity contribution in [3.63, 3.8) is 0 Å². The minimum Gasteiger partial charge on any atom is -0.496 e. The van der Waals surface area contributed by atoms with Gasteiger partial charge in [-0.25, -0.2) is 0 Å². The first kappa shape index (κ1) is 25.6. The number of thiocarbonyl (C=S) groups is 1. The summed E-state index contributed by atoms with van der Waals surface area (Å²) in [7, 11) is 3.71. The Hall–Kier alpha value is -2.48. The van der Waals surface area contributed by atoms with Crippen LogP contribution in [0.15, 0.2) is 42.5 Å². The van der Waals surface area contributed by atoms with Crippen molar-refractivity contribution in [2.75, 3.05) is 25.6 Å². The molecule has 7 heteroatoms. The lowest BCUT2D eigenvalue weighted by Gasteiger charge is -2.50. The lowest BCUT2D eigenvalue weighted by Crippen LogP contribution is -2.73. The minimum absolute atomic E-state index is 0.279. The standard InChI is InChI=1S/C28H38N3O3S/c1-27(2,3)34-26(32)31(29)16-10-9-15-28(31,22-11-7-6-8-12-22)19-21-17-20-13-14-25(35)30(4)23(20)18-24(21)33-5/h6-8,11-12,17-18H,9-10,13-16,19,29H2,1-5H3/q+1/t28-,31?/m0/s1. The number of nitrogens with zero attached hydrogens (tertiary/aromatic N) is 2. The zero-order chi connectivity index (χ0) is 25.4. The molecule has 4 rings (SSSR count). The quantitative estimate of drug-likeness (QED) is 0.255. The number of aryl methyl sites for hydroxylation is 1. The third kappa shape index (κ3) is 4.69. The number of rotatable bonds is 4. The summed E-state index contributed by atoms with van der Waals surface area (Å²) < 4.78 is 11.5. The normalized spacial score (nSPS) is 24.6.